The molecule has 182 valence electrons. The number of hydrogen-bond donors (Lipinski definition) is 2. The van der Waals surface area contributed by atoms with Crippen molar-refractivity contribution in [3.05, 3.63) is 57.9 Å². The van der Waals surface area contributed by atoms with Gasteiger partial charge in [-0.3, -0.25) is 34.3 Å². The molecular formula is C24H25ClN6O4. The van der Waals surface area contributed by atoms with Crippen LogP contribution in [0.15, 0.2) is 30.3 Å². The molecule has 3 aliphatic heterocycles. The van der Waals surface area contributed by atoms with E-state index in [1.807, 2.05) is 12.1 Å². The fraction of sp³-hybridized carbons (Fsp3) is 0.417. The largest absolute Gasteiger partial charge is 0.315 e. The maximum atomic E-state index is 13.5. The Morgan fingerprint density at radius 1 is 1.03 bits per heavy atom. The summed E-state index contributed by atoms with van der Waals surface area (Å²) >= 11 is 5.90. The fourth-order valence-corrected chi connectivity index (χ4v) is 5.13. The van der Waals surface area contributed by atoms with E-state index in [1.54, 1.807) is 18.2 Å². The number of amides is 4. The van der Waals surface area contributed by atoms with Crippen LogP contribution in [0.3, 0.4) is 0 Å². The normalized spacial score (nSPS) is 22.5. The van der Waals surface area contributed by atoms with Crippen LogP contribution in [-0.2, 0) is 22.7 Å². The summed E-state index contributed by atoms with van der Waals surface area (Å²) in [7, 11) is 0. The minimum atomic E-state index is -0.990. The first kappa shape index (κ1) is 23.5. The number of hydrogen-bond acceptors (Lipinski definition) is 8. The number of aromatic nitrogens is 2. The number of halogens is 1. The zero-order chi connectivity index (χ0) is 24.5. The Morgan fingerprint density at radius 3 is 2.60 bits per heavy atom. The molecule has 2 aromatic rings. The van der Waals surface area contributed by atoms with Gasteiger partial charge in [0.05, 0.1) is 16.8 Å². The van der Waals surface area contributed by atoms with Crippen LogP contribution in [0.1, 0.15) is 57.7 Å². The summed E-state index contributed by atoms with van der Waals surface area (Å²) < 4.78 is 0. The van der Waals surface area contributed by atoms with Gasteiger partial charge in [-0.25, -0.2) is 0 Å². The summed E-state index contributed by atoms with van der Waals surface area (Å²) in [5.74, 6) is -2.02. The molecule has 4 amide bonds. The summed E-state index contributed by atoms with van der Waals surface area (Å²) in [5.41, 5.74) is 2.06. The average molecular weight is 497 g/mol. The van der Waals surface area contributed by atoms with Crippen LogP contribution in [0.25, 0.3) is 0 Å². The maximum Gasteiger partial charge on any atom is 0.262 e. The Morgan fingerprint density at radius 2 is 1.89 bits per heavy atom. The number of piperidine rings is 2. The van der Waals surface area contributed by atoms with Gasteiger partial charge in [0.25, 0.3) is 11.8 Å². The second-order valence-electron chi connectivity index (χ2n) is 9.04. The standard InChI is InChI=1S/C24H25ClN6O4/c25-19-8-6-15(28-29-19)13-30(16-4-2-10-26-11-16)12-14-3-1-5-17-21(14)24(35)31(23(17)34)18-7-9-20(32)27-22(18)33/h1,3,5-6,8,16,18,26H,2,4,7,9-13H2,(H,27,32,33). The van der Waals surface area contributed by atoms with Gasteiger partial charge in [-0.15, -0.1) is 5.10 Å². The second-order valence-corrected chi connectivity index (χ2v) is 9.43. The highest BCUT2D eigenvalue weighted by atomic mass is 35.5. The van der Waals surface area contributed by atoms with Crippen molar-refractivity contribution in [2.75, 3.05) is 13.1 Å². The molecule has 0 saturated carbocycles. The van der Waals surface area contributed by atoms with Crippen LogP contribution in [0.2, 0.25) is 5.15 Å². The van der Waals surface area contributed by atoms with Crippen molar-refractivity contribution < 1.29 is 19.2 Å². The zero-order valence-corrected chi connectivity index (χ0v) is 19.8. The van der Waals surface area contributed by atoms with E-state index in [2.05, 4.69) is 25.7 Å². The third-order valence-electron chi connectivity index (χ3n) is 6.77. The van der Waals surface area contributed by atoms with Gasteiger partial charge in [-0.05, 0) is 49.6 Å². The third-order valence-corrected chi connectivity index (χ3v) is 6.97. The molecule has 1 aromatic heterocycles. The van der Waals surface area contributed by atoms with Crippen LogP contribution in [0.4, 0.5) is 0 Å². The van der Waals surface area contributed by atoms with Crippen molar-refractivity contribution in [1.82, 2.24) is 30.6 Å². The van der Waals surface area contributed by atoms with E-state index in [-0.39, 0.29) is 24.4 Å². The first-order valence-corrected chi connectivity index (χ1v) is 12.1. The Labute approximate surface area is 207 Å². The molecule has 4 heterocycles. The molecule has 2 N–H and O–H groups in total. The van der Waals surface area contributed by atoms with Crippen molar-refractivity contribution in [1.29, 1.82) is 0 Å². The highest BCUT2D eigenvalue weighted by Gasteiger charge is 2.45. The smallest absolute Gasteiger partial charge is 0.262 e. The molecular weight excluding hydrogens is 472 g/mol. The maximum absolute atomic E-state index is 13.5. The molecule has 10 nitrogen and oxygen atoms in total. The number of carbonyl (C=O) groups excluding carboxylic acids is 4. The molecule has 5 rings (SSSR count). The zero-order valence-electron chi connectivity index (χ0n) is 19.0. The lowest BCUT2D eigenvalue weighted by Crippen LogP contribution is -2.54. The molecule has 2 saturated heterocycles. The van der Waals surface area contributed by atoms with E-state index in [0.717, 1.165) is 36.5 Å². The van der Waals surface area contributed by atoms with Crippen molar-refractivity contribution in [3.8, 4) is 0 Å². The topological polar surface area (TPSA) is 125 Å². The highest BCUT2D eigenvalue weighted by Crippen LogP contribution is 2.31. The molecule has 0 aliphatic carbocycles. The Hall–Kier alpha value is -3.21. The van der Waals surface area contributed by atoms with Gasteiger partial charge in [0.2, 0.25) is 11.8 Å². The van der Waals surface area contributed by atoms with Gasteiger partial charge in [-0.1, -0.05) is 23.7 Å². The number of nitrogens with one attached hydrogen (secondary N) is 2. The van der Waals surface area contributed by atoms with Crippen molar-refractivity contribution in [2.45, 2.75) is 50.9 Å². The van der Waals surface area contributed by atoms with Crippen LogP contribution in [0.5, 0.6) is 0 Å². The Kier molecular flexibility index (Phi) is 6.59. The number of benzene rings is 1. The molecule has 3 aliphatic rings. The van der Waals surface area contributed by atoms with Gasteiger partial charge < -0.3 is 5.32 Å². The van der Waals surface area contributed by atoms with Crippen molar-refractivity contribution in [3.63, 3.8) is 0 Å². The fourth-order valence-electron chi connectivity index (χ4n) is 5.03. The summed E-state index contributed by atoms with van der Waals surface area (Å²) in [5, 5.41) is 14.1. The number of rotatable bonds is 6. The van der Waals surface area contributed by atoms with E-state index in [1.165, 1.54) is 0 Å². The number of fused-ring (bicyclic) bond motifs is 1. The van der Waals surface area contributed by atoms with Gasteiger partial charge in [0.1, 0.15) is 6.04 Å². The molecule has 2 fully saturated rings. The van der Waals surface area contributed by atoms with Crippen molar-refractivity contribution in [2.24, 2.45) is 0 Å². The van der Waals surface area contributed by atoms with Crippen molar-refractivity contribution >= 4 is 35.2 Å². The minimum absolute atomic E-state index is 0.0846. The van der Waals surface area contributed by atoms with Crippen LogP contribution >= 0.6 is 11.6 Å². The molecule has 1 aromatic carbocycles. The van der Waals surface area contributed by atoms with Crippen LogP contribution in [0, 0.1) is 0 Å². The predicted molar refractivity (Wildman–Crippen MR) is 125 cm³/mol. The summed E-state index contributed by atoms with van der Waals surface area (Å²) in [6, 6.07) is 7.95. The van der Waals surface area contributed by atoms with Gasteiger partial charge in [0.15, 0.2) is 5.15 Å². The Bertz CT molecular complexity index is 1180. The summed E-state index contributed by atoms with van der Waals surface area (Å²) in [4.78, 5) is 53.9. The Balaban J connectivity index is 1.44. The summed E-state index contributed by atoms with van der Waals surface area (Å²) in [6.45, 7) is 2.67. The van der Waals surface area contributed by atoms with E-state index in [0.29, 0.717) is 29.4 Å². The van der Waals surface area contributed by atoms with E-state index in [9.17, 15) is 19.2 Å². The van der Waals surface area contributed by atoms with Gasteiger partial charge in [0, 0.05) is 32.1 Å². The predicted octanol–water partition coefficient (Wildman–Crippen LogP) is 1.29. The lowest BCUT2D eigenvalue weighted by atomic mass is 9.99. The summed E-state index contributed by atoms with van der Waals surface area (Å²) in [6.07, 6.45) is 2.22. The van der Waals surface area contributed by atoms with Crippen LogP contribution in [-0.4, -0.2) is 68.8 Å². The van der Waals surface area contributed by atoms with Gasteiger partial charge >= 0.3 is 0 Å². The molecule has 11 heteroatoms. The second kappa shape index (κ2) is 9.80. The quantitative estimate of drug-likeness (QED) is 0.573. The number of nitrogens with zero attached hydrogens (tertiary/aromatic N) is 4. The minimum Gasteiger partial charge on any atom is -0.315 e. The molecule has 2 unspecified atom stereocenters. The average Bonchev–Trinajstić information content (AvgIpc) is 3.11. The molecule has 35 heavy (non-hydrogen) atoms. The van der Waals surface area contributed by atoms with E-state index >= 15 is 0 Å². The van der Waals surface area contributed by atoms with Crippen LogP contribution < -0.4 is 10.6 Å². The SMILES string of the molecule is O=C1CCC(N2C(=O)c3cccc(CN(Cc4ccc(Cl)nn4)C4CCCNC4)c3C2=O)C(=O)N1. The molecule has 0 bridgehead atoms. The number of carbonyl (C=O) groups is 4. The first-order chi connectivity index (χ1) is 16.9. The number of imide groups is 2. The van der Waals surface area contributed by atoms with E-state index in [4.69, 9.17) is 11.6 Å². The lowest BCUT2D eigenvalue weighted by Gasteiger charge is -2.34. The first-order valence-electron chi connectivity index (χ1n) is 11.7. The third kappa shape index (κ3) is 4.69. The molecule has 2 atom stereocenters. The molecule has 0 spiro atoms. The monoisotopic (exact) mass is 496 g/mol. The lowest BCUT2D eigenvalue weighted by molar-refractivity contribution is -0.136. The highest BCUT2D eigenvalue weighted by molar-refractivity contribution is 6.29. The van der Waals surface area contributed by atoms with Gasteiger partial charge in [-0.2, -0.15) is 5.10 Å². The van der Waals surface area contributed by atoms with E-state index < -0.39 is 29.7 Å². The molecule has 0 radical (unpaired) electrons.